The summed E-state index contributed by atoms with van der Waals surface area (Å²) in [5.74, 6) is 6.41. The third kappa shape index (κ3) is 4.13. The molecular weight excluding hydrogens is 276 g/mol. The van der Waals surface area contributed by atoms with Crippen LogP contribution in [0.15, 0.2) is 48.5 Å². The number of carbonyl (C=O) groups is 1. The largest absolute Gasteiger partial charge is 0.497 e. The fraction of sp³-hybridized carbons (Fsp3) is 0.111. The standard InChI is InChI=1S/C18H14N2O2/c1-22-17-10-6-14(7-11-17)3-2-12-20-18(21)16-8-4-15(13-19)5-9-16/h4-11H,12H2,1H3,(H,20,21). The van der Waals surface area contributed by atoms with Gasteiger partial charge in [0.2, 0.25) is 0 Å². The Morgan fingerprint density at radius 1 is 1.09 bits per heavy atom. The lowest BCUT2D eigenvalue weighted by molar-refractivity contribution is 0.0958. The molecule has 0 heterocycles. The minimum Gasteiger partial charge on any atom is -0.497 e. The van der Waals surface area contributed by atoms with Crippen molar-refractivity contribution in [3.8, 4) is 23.7 Å². The fourth-order valence-electron chi connectivity index (χ4n) is 1.74. The molecule has 0 bridgehead atoms. The highest BCUT2D eigenvalue weighted by atomic mass is 16.5. The average Bonchev–Trinajstić information content (AvgIpc) is 2.59. The van der Waals surface area contributed by atoms with Gasteiger partial charge in [0, 0.05) is 11.1 Å². The second-order valence-electron chi connectivity index (χ2n) is 4.40. The Hall–Kier alpha value is -3.24. The van der Waals surface area contributed by atoms with E-state index < -0.39 is 0 Å². The summed E-state index contributed by atoms with van der Waals surface area (Å²) in [6.45, 7) is 0.255. The van der Waals surface area contributed by atoms with Crippen molar-refractivity contribution in [2.75, 3.05) is 13.7 Å². The first-order valence-electron chi connectivity index (χ1n) is 6.64. The number of rotatable bonds is 3. The van der Waals surface area contributed by atoms with Gasteiger partial charge >= 0.3 is 0 Å². The lowest BCUT2D eigenvalue weighted by atomic mass is 10.1. The molecule has 22 heavy (non-hydrogen) atoms. The molecule has 0 saturated carbocycles. The van der Waals surface area contributed by atoms with E-state index in [2.05, 4.69) is 17.2 Å². The van der Waals surface area contributed by atoms with Crippen LogP contribution in [0.3, 0.4) is 0 Å². The first-order valence-corrected chi connectivity index (χ1v) is 6.64. The van der Waals surface area contributed by atoms with Gasteiger partial charge in [0.25, 0.3) is 5.91 Å². The summed E-state index contributed by atoms with van der Waals surface area (Å²) >= 11 is 0. The molecule has 108 valence electrons. The lowest BCUT2D eigenvalue weighted by Crippen LogP contribution is -2.23. The van der Waals surface area contributed by atoms with Crippen LogP contribution in [0.2, 0.25) is 0 Å². The lowest BCUT2D eigenvalue weighted by Gasteiger charge is -2.01. The van der Waals surface area contributed by atoms with Gasteiger partial charge in [-0.1, -0.05) is 11.8 Å². The van der Waals surface area contributed by atoms with Crippen LogP contribution in [-0.2, 0) is 0 Å². The minimum absolute atomic E-state index is 0.214. The summed E-state index contributed by atoms with van der Waals surface area (Å²) in [6.07, 6.45) is 0. The van der Waals surface area contributed by atoms with Crippen molar-refractivity contribution in [2.24, 2.45) is 0 Å². The van der Waals surface area contributed by atoms with Gasteiger partial charge in [0.05, 0.1) is 25.3 Å². The Labute approximate surface area is 129 Å². The molecule has 0 saturated heterocycles. The molecule has 0 unspecified atom stereocenters. The third-order valence-electron chi connectivity index (χ3n) is 2.94. The number of nitrogens with one attached hydrogen (secondary N) is 1. The van der Waals surface area contributed by atoms with E-state index in [0.29, 0.717) is 11.1 Å². The van der Waals surface area contributed by atoms with E-state index in [4.69, 9.17) is 10.00 Å². The highest BCUT2D eigenvalue weighted by molar-refractivity contribution is 5.94. The molecule has 0 spiro atoms. The van der Waals surface area contributed by atoms with Gasteiger partial charge in [-0.05, 0) is 48.5 Å². The highest BCUT2D eigenvalue weighted by Crippen LogP contribution is 2.10. The second-order valence-corrected chi connectivity index (χ2v) is 4.40. The van der Waals surface area contributed by atoms with Crippen molar-refractivity contribution in [3.63, 3.8) is 0 Å². The molecule has 0 aliphatic rings. The van der Waals surface area contributed by atoms with Gasteiger partial charge in [-0.2, -0.15) is 5.26 Å². The molecule has 4 heteroatoms. The Balaban J connectivity index is 1.88. The fourth-order valence-corrected chi connectivity index (χ4v) is 1.74. The van der Waals surface area contributed by atoms with Crippen LogP contribution in [0.4, 0.5) is 0 Å². The van der Waals surface area contributed by atoms with E-state index >= 15 is 0 Å². The summed E-state index contributed by atoms with van der Waals surface area (Å²) in [7, 11) is 1.61. The molecule has 1 amide bonds. The monoisotopic (exact) mass is 290 g/mol. The van der Waals surface area contributed by atoms with Crippen LogP contribution in [0, 0.1) is 23.2 Å². The average molecular weight is 290 g/mol. The van der Waals surface area contributed by atoms with Crippen LogP contribution < -0.4 is 10.1 Å². The molecule has 0 radical (unpaired) electrons. The van der Waals surface area contributed by atoms with Crippen molar-refractivity contribution in [1.29, 1.82) is 5.26 Å². The molecule has 4 nitrogen and oxygen atoms in total. The zero-order valence-electron chi connectivity index (χ0n) is 12.1. The summed E-state index contributed by atoms with van der Waals surface area (Å²) in [6, 6.07) is 15.8. The number of amides is 1. The molecule has 0 atom stereocenters. The maximum Gasteiger partial charge on any atom is 0.252 e. The summed E-state index contributed by atoms with van der Waals surface area (Å²) in [5.41, 5.74) is 1.88. The normalized spacial score (nSPS) is 9.09. The molecular formula is C18H14N2O2. The van der Waals surface area contributed by atoms with Gasteiger partial charge in [0.1, 0.15) is 5.75 Å². The van der Waals surface area contributed by atoms with E-state index in [1.54, 1.807) is 31.4 Å². The Kier molecular flexibility index (Phi) is 5.18. The number of ether oxygens (including phenoxy) is 1. The molecule has 0 fully saturated rings. The molecule has 0 aromatic heterocycles. The first kappa shape index (κ1) is 15.2. The van der Waals surface area contributed by atoms with E-state index in [1.807, 2.05) is 30.3 Å². The molecule has 2 aromatic rings. The van der Waals surface area contributed by atoms with Crippen molar-refractivity contribution in [1.82, 2.24) is 5.32 Å². The SMILES string of the molecule is COc1ccc(C#CCNC(=O)c2ccc(C#N)cc2)cc1. The maximum atomic E-state index is 11.9. The quantitative estimate of drug-likeness (QED) is 0.883. The van der Waals surface area contributed by atoms with E-state index in [1.165, 1.54) is 0 Å². The van der Waals surface area contributed by atoms with E-state index in [9.17, 15) is 4.79 Å². The third-order valence-corrected chi connectivity index (χ3v) is 2.94. The smallest absolute Gasteiger partial charge is 0.252 e. The number of hydrogen-bond donors (Lipinski definition) is 1. The van der Waals surface area contributed by atoms with Gasteiger partial charge < -0.3 is 10.1 Å². The Bertz CT molecular complexity index is 745. The molecule has 0 aliphatic carbocycles. The molecule has 1 N–H and O–H groups in total. The predicted octanol–water partition coefficient (Wildman–Crippen LogP) is 2.35. The minimum atomic E-state index is -0.214. The van der Waals surface area contributed by atoms with Gasteiger partial charge in [-0.15, -0.1) is 0 Å². The maximum absolute atomic E-state index is 11.9. The number of nitriles is 1. The Morgan fingerprint density at radius 2 is 1.73 bits per heavy atom. The van der Waals surface area contributed by atoms with E-state index in [0.717, 1.165) is 11.3 Å². The molecule has 2 rings (SSSR count). The van der Waals surface area contributed by atoms with Crippen LogP contribution in [0.1, 0.15) is 21.5 Å². The number of methoxy groups -OCH3 is 1. The number of hydrogen-bond acceptors (Lipinski definition) is 3. The van der Waals surface area contributed by atoms with Gasteiger partial charge in [-0.3, -0.25) is 4.79 Å². The van der Waals surface area contributed by atoms with Gasteiger partial charge in [-0.25, -0.2) is 0 Å². The van der Waals surface area contributed by atoms with E-state index in [-0.39, 0.29) is 12.5 Å². The topological polar surface area (TPSA) is 62.1 Å². The van der Waals surface area contributed by atoms with Crippen LogP contribution in [0.5, 0.6) is 5.75 Å². The molecule has 0 aliphatic heterocycles. The summed E-state index contributed by atoms with van der Waals surface area (Å²) in [5, 5.41) is 11.4. The first-order chi connectivity index (χ1) is 10.7. The predicted molar refractivity (Wildman–Crippen MR) is 83.4 cm³/mol. The van der Waals surface area contributed by atoms with Crippen molar-refractivity contribution in [2.45, 2.75) is 0 Å². The van der Waals surface area contributed by atoms with Crippen molar-refractivity contribution < 1.29 is 9.53 Å². The summed E-state index contributed by atoms with van der Waals surface area (Å²) in [4.78, 5) is 11.9. The van der Waals surface area contributed by atoms with Crippen LogP contribution >= 0.6 is 0 Å². The Morgan fingerprint density at radius 3 is 2.32 bits per heavy atom. The molecule has 2 aromatic carbocycles. The van der Waals surface area contributed by atoms with Crippen molar-refractivity contribution in [3.05, 3.63) is 65.2 Å². The number of nitrogens with zero attached hydrogens (tertiary/aromatic N) is 1. The van der Waals surface area contributed by atoms with Crippen LogP contribution in [0.25, 0.3) is 0 Å². The second kappa shape index (κ2) is 7.52. The van der Waals surface area contributed by atoms with Crippen LogP contribution in [-0.4, -0.2) is 19.6 Å². The van der Waals surface area contributed by atoms with Gasteiger partial charge in [0.15, 0.2) is 0 Å². The number of carbonyl (C=O) groups excluding carboxylic acids is 1. The summed E-state index contributed by atoms with van der Waals surface area (Å²) < 4.78 is 5.07. The zero-order chi connectivity index (χ0) is 15.8. The highest BCUT2D eigenvalue weighted by Gasteiger charge is 2.03. The zero-order valence-corrected chi connectivity index (χ0v) is 12.1. The van der Waals surface area contributed by atoms with Crippen molar-refractivity contribution >= 4 is 5.91 Å². The number of benzene rings is 2.